The number of carboxylic acid groups (broad SMARTS) is 1. The number of fused-ring (bicyclic) bond motifs is 2. The van der Waals surface area contributed by atoms with Gasteiger partial charge >= 0.3 is 5.97 Å². The van der Waals surface area contributed by atoms with Crippen LogP contribution in [0.3, 0.4) is 0 Å². The number of aromatic nitrogens is 2. The lowest BCUT2D eigenvalue weighted by Crippen LogP contribution is -2.59. The minimum Gasteiger partial charge on any atom is -0.508 e. The van der Waals surface area contributed by atoms with Gasteiger partial charge in [0.15, 0.2) is 0 Å². The minimum absolute atomic E-state index is 0.0000231. The fraction of sp³-hybridized carbons (Fsp3) is 0.233. The highest BCUT2D eigenvalue weighted by Gasteiger charge is 2.33. The number of rotatable bonds is 18. The van der Waals surface area contributed by atoms with Crippen LogP contribution in [0.1, 0.15) is 22.3 Å². The van der Waals surface area contributed by atoms with Gasteiger partial charge in [-0.1, -0.05) is 60.7 Å². The average Bonchev–Trinajstić information content (AvgIpc) is 3.84. The molecule has 11 N–H and O–H groups in total. The molecule has 4 aromatic carbocycles. The Morgan fingerprint density at radius 3 is 1.34 bits per heavy atom. The van der Waals surface area contributed by atoms with Gasteiger partial charge in [0, 0.05) is 65.6 Å². The van der Waals surface area contributed by atoms with Crippen molar-refractivity contribution in [2.75, 3.05) is 5.75 Å². The molecular formula is C43H45N7O8S. The molecule has 0 aliphatic heterocycles. The van der Waals surface area contributed by atoms with Gasteiger partial charge in [0.1, 0.15) is 35.7 Å². The van der Waals surface area contributed by atoms with E-state index in [-0.39, 0.29) is 42.9 Å². The van der Waals surface area contributed by atoms with Crippen molar-refractivity contribution in [1.29, 1.82) is 0 Å². The van der Waals surface area contributed by atoms with Gasteiger partial charge in [0.05, 0.1) is 6.04 Å². The molecule has 0 aliphatic rings. The van der Waals surface area contributed by atoms with Gasteiger partial charge in [-0.15, -0.1) is 0 Å². The van der Waals surface area contributed by atoms with Gasteiger partial charge < -0.3 is 52.3 Å². The number of aliphatic carboxylic acids is 1. The van der Waals surface area contributed by atoms with E-state index in [1.807, 2.05) is 48.5 Å². The van der Waals surface area contributed by atoms with Crippen LogP contribution in [0.5, 0.6) is 11.5 Å². The second kappa shape index (κ2) is 19.1. The highest BCUT2D eigenvalue weighted by molar-refractivity contribution is 7.80. The van der Waals surface area contributed by atoms with Crippen LogP contribution in [0.2, 0.25) is 0 Å². The molecule has 0 saturated carbocycles. The number of carbonyl (C=O) groups is 5. The van der Waals surface area contributed by atoms with Crippen molar-refractivity contribution < 1.29 is 39.3 Å². The highest BCUT2D eigenvalue weighted by Crippen LogP contribution is 2.22. The van der Waals surface area contributed by atoms with E-state index in [0.29, 0.717) is 22.3 Å². The van der Waals surface area contributed by atoms with Crippen LogP contribution in [0.4, 0.5) is 0 Å². The van der Waals surface area contributed by atoms with E-state index in [2.05, 4.69) is 43.9 Å². The van der Waals surface area contributed by atoms with Gasteiger partial charge in [-0.05, 0) is 58.7 Å². The van der Waals surface area contributed by atoms with E-state index in [1.54, 1.807) is 36.7 Å². The highest BCUT2D eigenvalue weighted by atomic mass is 32.1. The Bertz CT molecular complexity index is 2430. The molecule has 0 saturated heterocycles. The number of benzene rings is 4. The number of thiol groups is 1. The number of phenols is 2. The zero-order valence-electron chi connectivity index (χ0n) is 31.7. The molecule has 15 nitrogen and oxygen atoms in total. The van der Waals surface area contributed by atoms with Crippen LogP contribution < -0.4 is 27.0 Å². The van der Waals surface area contributed by atoms with Gasteiger partial charge in [-0.25, -0.2) is 4.79 Å². The van der Waals surface area contributed by atoms with E-state index < -0.39 is 59.8 Å². The standard InChI is InChI=1S/C43H45N7O8S/c44-32(23-59)39(53)47-35(17-24-9-13-28(51)14-10-24)40(54)49-37(19-26-21-45-33-7-3-1-5-30(26)33)42(56)48-36(18-25-11-15-29(52)16-12-25)41(55)50-38(43(57)58)20-27-22-46-34-8-4-2-6-31(27)34/h1-16,21-22,32,35-38,45-46,51-52,59H,17-20,23,44H2,(H,47,53)(H,48,56)(H,49,54)(H,50,55)(H,57,58)/t32-,35-,36-,37-,38-/m0/s1. The number of phenolic OH excluding ortho intramolecular Hbond substituents is 2. The number of hydrogen-bond donors (Lipinski definition) is 11. The van der Waals surface area contributed by atoms with Crippen molar-refractivity contribution in [3.05, 3.63) is 132 Å². The maximum absolute atomic E-state index is 14.5. The molecule has 0 radical (unpaired) electrons. The first-order chi connectivity index (χ1) is 28.4. The summed E-state index contributed by atoms with van der Waals surface area (Å²) in [5, 5.41) is 42.4. The fourth-order valence-electron chi connectivity index (χ4n) is 6.78. The summed E-state index contributed by atoms with van der Waals surface area (Å²) in [6.07, 6.45) is 3.15. The molecule has 2 heterocycles. The molecule has 59 heavy (non-hydrogen) atoms. The van der Waals surface area contributed by atoms with E-state index in [4.69, 9.17) is 5.73 Å². The number of carboxylic acids is 1. The van der Waals surface area contributed by atoms with Crippen LogP contribution in [0, 0.1) is 0 Å². The van der Waals surface area contributed by atoms with Crippen LogP contribution in [0.25, 0.3) is 21.8 Å². The predicted molar refractivity (Wildman–Crippen MR) is 225 cm³/mol. The number of nitrogens with two attached hydrogens (primary N) is 1. The normalized spacial score (nSPS) is 13.8. The first kappa shape index (κ1) is 41.8. The predicted octanol–water partition coefficient (Wildman–Crippen LogP) is 2.61. The Morgan fingerprint density at radius 2 is 0.915 bits per heavy atom. The van der Waals surface area contributed by atoms with E-state index in [9.17, 15) is 39.3 Å². The number of aromatic hydroxyl groups is 2. The first-order valence-corrected chi connectivity index (χ1v) is 19.5. The summed E-state index contributed by atoms with van der Waals surface area (Å²) >= 11 is 4.11. The topological polar surface area (TPSA) is 252 Å². The van der Waals surface area contributed by atoms with Crippen LogP contribution in [-0.2, 0) is 49.7 Å². The monoisotopic (exact) mass is 819 g/mol. The molecule has 16 heteroatoms. The summed E-state index contributed by atoms with van der Waals surface area (Å²) in [7, 11) is 0. The van der Waals surface area contributed by atoms with Gasteiger partial charge in [0.2, 0.25) is 23.6 Å². The number of carbonyl (C=O) groups excluding carboxylic acids is 4. The lowest BCUT2D eigenvalue weighted by Gasteiger charge is -2.27. The number of aromatic amines is 2. The summed E-state index contributed by atoms with van der Waals surface area (Å²) in [5.74, 6) is -4.26. The van der Waals surface area contributed by atoms with Crippen molar-refractivity contribution >= 4 is 64.0 Å². The number of H-pyrrole nitrogens is 2. The third-order valence-electron chi connectivity index (χ3n) is 10.00. The van der Waals surface area contributed by atoms with Crippen molar-refractivity contribution in [1.82, 2.24) is 31.2 Å². The molecule has 0 unspecified atom stereocenters. The maximum atomic E-state index is 14.5. The Morgan fingerprint density at radius 1 is 0.542 bits per heavy atom. The first-order valence-electron chi connectivity index (χ1n) is 18.8. The number of nitrogens with one attached hydrogen (secondary N) is 6. The van der Waals surface area contributed by atoms with Crippen molar-refractivity contribution in [2.24, 2.45) is 5.73 Å². The van der Waals surface area contributed by atoms with Crippen LogP contribution in [0.15, 0.2) is 109 Å². The minimum atomic E-state index is -1.38. The maximum Gasteiger partial charge on any atom is 0.326 e. The third kappa shape index (κ3) is 10.8. The fourth-order valence-corrected chi connectivity index (χ4v) is 6.95. The second-order valence-corrected chi connectivity index (χ2v) is 14.6. The molecule has 4 amide bonds. The Kier molecular flexibility index (Phi) is 13.6. The molecule has 0 fully saturated rings. The zero-order chi connectivity index (χ0) is 42.1. The van der Waals surface area contributed by atoms with Crippen LogP contribution >= 0.6 is 12.6 Å². The van der Waals surface area contributed by atoms with Gasteiger partial charge in [-0.2, -0.15) is 12.6 Å². The van der Waals surface area contributed by atoms with Crippen molar-refractivity contribution in [2.45, 2.75) is 55.9 Å². The van der Waals surface area contributed by atoms with E-state index in [0.717, 1.165) is 21.8 Å². The molecule has 0 aliphatic carbocycles. The Labute approximate surface area is 344 Å². The Hall–Kier alpha value is -6.78. The summed E-state index contributed by atoms with van der Waals surface area (Å²) in [6.45, 7) is 0. The largest absolute Gasteiger partial charge is 0.508 e. The van der Waals surface area contributed by atoms with Crippen LogP contribution in [-0.4, -0.2) is 90.8 Å². The molecule has 6 rings (SSSR count). The molecule has 306 valence electrons. The van der Waals surface area contributed by atoms with Gasteiger partial charge in [-0.3, -0.25) is 19.2 Å². The lowest BCUT2D eigenvalue weighted by atomic mass is 10.00. The van der Waals surface area contributed by atoms with E-state index in [1.165, 1.54) is 24.3 Å². The molecule has 6 aromatic rings. The SMILES string of the molecule is N[C@@H](CS)C(=O)N[C@@H](Cc1ccc(O)cc1)C(=O)N[C@@H](Cc1c[nH]c2ccccc12)C(=O)N[C@@H](Cc1ccc(O)cc1)C(=O)N[C@@H](Cc1c[nH]c2ccccc12)C(=O)O. The number of hydrogen-bond acceptors (Lipinski definition) is 9. The summed E-state index contributed by atoms with van der Waals surface area (Å²) in [5.41, 5.74) is 9.98. The van der Waals surface area contributed by atoms with Crippen molar-refractivity contribution in [3.8, 4) is 11.5 Å². The second-order valence-electron chi connectivity index (χ2n) is 14.2. The quantitative estimate of drug-likeness (QED) is 0.0570. The molecule has 0 spiro atoms. The molecular weight excluding hydrogens is 775 g/mol. The van der Waals surface area contributed by atoms with Crippen molar-refractivity contribution in [3.63, 3.8) is 0 Å². The molecule has 5 atom stereocenters. The smallest absolute Gasteiger partial charge is 0.326 e. The molecule has 0 bridgehead atoms. The van der Waals surface area contributed by atoms with E-state index >= 15 is 0 Å². The zero-order valence-corrected chi connectivity index (χ0v) is 32.6. The summed E-state index contributed by atoms with van der Waals surface area (Å²) in [4.78, 5) is 74.6. The lowest BCUT2D eigenvalue weighted by molar-refractivity contribution is -0.142. The van der Waals surface area contributed by atoms with Gasteiger partial charge in [0.25, 0.3) is 0 Å². The number of para-hydroxylation sites is 2. The number of amides is 4. The summed E-state index contributed by atoms with van der Waals surface area (Å²) in [6, 6.07) is 20.5. The average molecular weight is 820 g/mol. The summed E-state index contributed by atoms with van der Waals surface area (Å²) < 4.78 is 0. The Balaban J connectivity index is 1.30. The molecule has 2 aromatic heterocycles. The third-order valence-corrected chi connectivity index (χ3v) is 10.4.